The van der Waals surface area contributed by atoms with Gasteiger partial charge < -0.3 is 15.2 Å². The molecule has 1 aromatic carbocycles. The number of amides is 1. The smallest absolute Gasteiger partial charge is 0.274 e. The van der Waals surface area contributed by atoms with E-state index in [9.17, 15) is 9.59 Å². The Morgan fingerprint density at radius 3 is 2.70 bits per heavy atom. The van der Waals surface area contributed by atoms with Gasteiger partial charge in [-0.15, -0.1) is 0 Å². The van der Waals surface area contributed by atoms with Crippen LogP contribution in [-0.4, -0.2) is 63.6 Å². The van der Waals surface area contributed by atoms with Crippen molar-refractivity contribution in [3.63, 3.8) is 0 Å². The number of carbonyl (C=O) groups is 1. The van der Waals surface area contributed by atoms with Gasteiger partial charge in [0.1, 0.15) is 16.7 Å². The Kier molecular flexibility index (Phi) is 5.51. The van der Waals surface area contributed by atoms with Gasteiger partial charge in [0.05, 0.1) is 28.1 Å². The Balaban J connectivity index is 1.31. The molecular formula is C23H24ClN7O2. The van der Waals surface area contributed by atoms with E-state index in [4.69, 9.17) is 11.6 Å². The van der Waals surface area contributed by atoms with Gasteiger partial charge in [0.25, 0.3) is 11.5 Å². The Morgan fingerprint density at radius 1 is 1.18 bits per heavy atom. The number of anilines is 1. The summed E-state index contributed by atoms with van der Waals surface area (Å²) in [6, 6.07) is 9.33. The molecule has 10 heteroatoms. The fraction of sp³-hybridized carbons (Fsp3) is 0.304. The molecule has 1 amide bonds. The molecule has 170 valence electrons. The van der Waals surface area contributed by atoms with Crippen molar-refractivity contribution in [2.45, 2.75) is 13.5 Å². The Hall–Kier alpha value is -3.43. The number of H-pyrrole nitrogens is 1. The monoisotopic (exact) mass is 465 g/mol. The van der Waals surface area contributed by atoms with Crippen LogP contribution >= 0.6 is 11.6 Å². The van der Waals surface area contributed by atoms with Gasteiger partial charge in [0.15, 0.2) is 0 Å². The van der Waals surface area contributed by atoms with Gasteiger partial charge in [-0.1, -0.05) is 11.6 Å². The Bertz CT molecular complexity index is 1420. The number of rotatable bonds is 4. The average molecular weight is 466 g/mol. The van der Waals surface area contributed by atoms with E-state index in [2.05, 4.69) is 30.2 Å². The molecular weight excluding hydrogens is 442 g/mol. The van der Waals surface area contributed by atoms with Crippen molar-refractivity contribution in [2.75, 3.05) is 38.1 Å². The van der Waals surface area contributed by atoms with Crippen LogP contribution in [-0.2, 0) is 6.54 Å². The second kappa shape index (κ2) is 8.49. The maximum Gasteiger partial charge on any atom is 0.274 e. The zero-order valence-electron chi connectivity index (χ0n) is 18.4. The van der Waals surface area contributed by atoms with Crippen molar-refractivity contribution in [1.82, 2.24) is 29.8 Å². The number of halogens is 1. The van der Waals surface area contributed by atoms with Gasteiger partial charge in [-0.3, -0.25) is 14.5 Å². The van der Waals surface area contributed by atoms with Crippen molar-refractivity contribution in [3.8, 4) is 0 Å². The van der Waals surface area contributed by atoms with Crippen LogP contribution in [0.25, 0.3) is 16.6 Å². The minimum absolute atomic E-state index is 0.182. The van der Waals surface area contributed by atoms with E-state index >= 15 is 0 Å². The molecule has 0 aliphatic carbocycles. The molecule has 1 aliphatic heterocycles. The lowest BCUT2D eigenvalue weighted by Crippen LogP contribution is -2.46. The maximum absolute atomic E-state index is 12.3. The number of nitrogens with one attached hydrogen (secondary N) is 2. The summed E-state index contributed by atoms with van der Waals surface area (Å²) < 4.78 is 1.59. The molecule has 4 aromatic rings. The summed E-state index contributed by atoms with van der Waals surface area (Å²) in [6.45, 7) is 6.13. The summed E-state index contributed by atoms with van der Waals surface area (Å²) in [6.07, 6.45) is 1.59. The van der Waals surface area contributed by atoms with Crippen LogP contribution in [0.3, 0.4) is 0 Å². The van der Waals surface area contributed by atoms with E-state index < -0.39 is 0 Å². The molecule has 9 nitrogen and oxygen atoms in total. The summed E-state index contributed by atoms with van der Waals surface area (Å²) >= 11 is 6.59. The highest BCUT2D eigenvalue weighted by molar-refractivity contribution is 6.35. The predicted molar refractivity (Wildman–Crippen MR) is 128 cm³/mol. The zero-order valence-corrected chi connectivity index (χ0v) is 19.2. The van der Waals surface area contributed by atoms with E-state index in [0.29, 0.717) is 27.3 Å². The van der Waals surface area contributed by atoms with E-state index in [-0.39, 0.29) is 11.5 Å². The van der Waals surface area contributed by atoms with E-state index in [1.807, 2.05) is 25.1 Å². The van der Waals surface area contributed by atoms with E-state index in [1.54, 1.807) is 29.9 Å². The third-order valence-corrected chi connectivity index (χ3v) is 6.38. The van der Waals surface area contributed by atoms with Crippen LogP contribution in [0.4, 0.5) is 5.69 Å². The predicted octanol–water partition coefficient (Wildman–Crippen LogP) is 2.21. The summed E-state index contributed by atoms with van der Waals surface area (Å²) in [5.74, 6) is -0.182. The van der Waals surface area contributed by atoms with Crippen molar-refractivity contribution in [1.29, 1.82) is 0 Å². The number of pyridine rings is 1. The molecule has 4 heterocycles. The molecule has 0 bridgehead atoms. The quantitative estimate of drug-likeness (QED) is 0.479. The first-order valence-corrected chi connectivity index (χ1v) is 11.2. The van der Waals surface area contributed by atoms with Crippen molar-refractivity contribution >= 4 is 39.7 Å². The molecule has 1 saturated heterocycles. The van der Waals surface area contributed by atoms with Crippen molar-refractivity contribution in [2.24, 2.45) is 0 Å². The standard InChI is InChI=1S/C23H24ClN7O2/c1-14-19(4-3-17(27-14)22(32)25-2)30-9-7-29(8-10-30)13-15-11-16(24)21-18(12-15)28-23(33)20-5-6-26-31(20)21/h3-6,11-12H,7-10,13H2,1-2H3,(H,25,32)(H,28,33). The number of benzene rings is 1. The van der Waals surface area contributed by atoms with Gasteiger partial charge in [0.2, 0.25) is 0 Å². The van der Waals surface area contributed by atoms with Crippen molar-refractivity contribution < 1.29 is 4.79 Å². The lowest BCUT2D eigenvalue weighted by atomic mass is 10.1. The van der Waals surface area contributed by atoms with Crippen LogP contribution in [0.2, 0.25) is 5.02 Å². The van der Waals surface area contributed by atoms with Gasteiger partial charge >= 0.3 is 0 Å². The highest BCUT2D eigenvalue weighted by atomic mass is 35.5. The highest BCUT2D eigenvalue weighted by Crippen LogP contribution is 2.26. The molecule has 0 radical (unpaired) electrons. The fourth-order valence-corrected chi connectivity index (χ4v) is 4.77. The summed E-state index contributed by atoms with van der Waals surface area (Å²) in [4.78, 5) is 36.2. The number of piperazine rings is 1. The third-order valence-electron chi connectivity index (χ3n) is 6.10. The summed E-state index contributed by atoms with van der Waals surface area (Å²) in [5, 5.41) is 7.41. The topological polar surface area (TPSA) is 98.6 Å². The average Bonchev–Trinajstić information content (AvgIpc) is 3.29. The molecule has 3 aromatic heterocycles. The molecule has 0 unspecified atom stereocenters. The van der Waals surface area contributed by atoms with Crippen LogP contribution in [0.1, 0.15) is 21.7 Å². The number of aromatic amines is 1. The van der Waals surface area contributed by atoms with E-state index in [1.165, 1.54) is 0 Å². The van der Waals surface area contributed by atoms with Gasteiger partial charge in [-0.2, -0.15) is 5.10 Å². The molecule has 33 heavy (non-hydrogen) atoms. The van der Waals surface area contributed by atoms with E-state index in [0.717, 1.165) is 49.7 Å². The Labute approximate surface area is 195 Å². The number of aromatic nitrogens is 4. The molecule has 5 rings (SSSR count). The minimum atomic E-state index is -0.187. The number of fused-ring (bicyclic) bond motifs is 3. The van der Waals surface area contributed by atoms with Gasteiger partial charge in [-0.25, -0.2) is 9.50 Å². The first kappa shape index (κ1) is 21.4. The molecule has 0 atom stereocenters. The van der Waals surface area contributed by atoms with Gasteiger partial charge in [-0.05, 0) is 42.8 Å². The zero-order chi connectivity index (χ0) is 23.1. The van der Waals surface area contributed by atoms with Gasteiger partial charge in [0, 0.05) is 39.8 Å². The lowest BCUT2D eigenvalue weighted by molar-refractivity contribution is 0.0958. The summed E-state index contributed by atoms with van der Waals surface area (Å²) in [7, 11) is 1.60. The molecule has 1 fully saturated rings. The number of aryl methyl sites for hydroxylation is 1. The SMILES string of the molecule is CNC(=O)c1ccc(N2CCN(Cc3cc(Cl)c4c(c3)[nH]c(=O)c3ccnn34)CC2)c(C)n1. The van der Waals surface area contributed by atoms with Crippen LogP contribution < -0.4 is 15.8 Å². The number of hydrogen-bond acceptors (Lipinski definition) is 6. The first-order chi connectivity index (χ1) is 15.9. The highest BCUT2D eigenvalue weighted by Gasteiger charge is 2.20. The van der Waals surface area contributed by atoms with Crippen LogP contribution in [0, 0.1) is 6.92 Å². The maximum atomic E-state index is 12.3. The number of nitrogens with zero attached hydrogens (tertiary/aromatic N) is 5. The minimum Gasteiger partial charge on any atom is -0.368 e. The Morgan fingerprint density at radius 2 is 1.97 bits per heavy atom. The van der Waals surface area contributed by atoms with Crippen molar-refractivity contribution in [3.05, 3.63) is 68.9 Å². The molecule has 2 N–H and O–H groups in total. The first-order valence-electron chi connectivity index (χ1n) is 10.8. The van der Waals surface area contributed by atoms with Crippen LogP contribution in [0.5, 0.6) is 0 Å². The molecule has 0 saturated carbocycles. The summed E-state index contributed by atoms with van der Waals surface area (Å²) in [5.41, 5.74) is 5.03. The largest absolute Gasteiger partial charge is 0.368 e. The second-order valence-corrected chi connectivity index (χ2v) is 8.61. The van der Waals surface area contributed by atoms with Crippen LogP contribution in [0.15, 0.2) is 41.3 Å². The molecule has 1 aliphatic rings. The number of carbonyl (C=O) groups excluding carboxylic acids is 1. The molecule has 0 spiro atoms. The fourth-order valence-electron chi connectivity index (χ4n) is 4.44. The second-order valence-electron chi connectivity index (χ2n) is 8.20. The normalized spacial score (nSPS) is 14.8. The third kappa shape index (κ3) is 3.94. The number of hydrogen-bond donors (Lipinski definition) is 2. The lowest BCUT2D eigenvalue weighted by Gasteiger charge is -2.36.